The van der Waals surface area contributed by atoms with Gasteiger partial charge in [-0.2, -0.15) is 5.26 Å². The van der Waals surface area contributed by atoms with Crippen molar-refractivity contribution in [1.82, 2.24) is 0 Å². The third kappa shape index (κ3) is 2.10. The van der Waals surface area contributed by atoms with Crippen molar-refractivity contribution in [1.29, 1.82) is 5.26 Å². The van der Waals surface area contributed by atoms with Gasteiger partial charge in [-0.25, -0.2) is 0 Å². The predicted molar refractivity (Wildman–Crippen MR) is 126 cm³/mol. The fraction of sp³-hybridized carbons (Fsp3) is 0. The Bertz CT molecular complexity index is 1720. The van der Waals surface area contributed by atoms with Gasteiger partial charge in [0.15, 0.2) is 0 Å². The first-order chi connectivity index (χ1) is 15.3. The Kier molecular flexibility index (Phi) is 3.10. The quantitative estimate of drug-likeness (QED) is 0.284. The molecule has 0 amide bonds. The number of rotatable bonds is 1. The molecule has 0 saturated heterocycles. The summed E-state index contributed by atoms with van der Waals surface area (Å²) in [7, 11) is 0. The van der Waals surface area contributed by atoms with Crippen LogP contribution in [0.2, 0.25) is 0 Å². The summed E-state index contributed by atoms with van der Waals surface area (Å²) >= 11 is 0. The highest BCUT2D eigenvalue weighted by Crippen LogP contribution is 2.54. The molecule has 0 radical (unpaired) electrons. The van der Waals surface area contributed by atoms with E-state index in [1.807, 2.05) is 24.3 Å². The van der Waals surface area contributed by atoms with E-state index in [1.165, 1.54) is 38.6 Å². The van der Waals surface area contributed by atoms with Crippen molar-refractivity contribution in [3.63, 3.8) is 0 Å². The maximum Gasteiger partial charge on any atom is 0.136 e. The first kappa shape index (κ1) is 16.4. The molecule has 5 aromatic carbocycles. The van der Waals surface area contributed by atoms with Crippen LogP contribution in [-0.2, 0) is 0 Å². The summed E-state index contributed by atoms with van der Waals surface area (Å²) in [6, 6.07) is 33.6. The van der Waals surface area contributed by atoms with Gasteiger partial charge in [-0.3, -0.25) is 0 Å². The van der Waals surface area contributed by atoms with Crippen molar-refractivity contribution < 1.29 is 4.42 Å². The van der Waals surface area contributed by atoms with E-state index in [4.69, 9.17) is 4.42 Å². The van der Waals surface area contributed by atoms with Gasteiger partial charge in [0.05, 0.1) is 11.6 Å². The van der Waals surface area contributed by atoms with Crippen LogP contribution < -0.4 is 0 Å². The monoisotopic (exact) mass is 393 g/mol. The Morgan fingerprint density at radius 3 is 2.19 bits per heavy atom. The molecule has 0 spiro atoms. The molecular weight excluding hydrogens is 378 g/mol. The van der Waals surface area contributed by atoms with Crippen LogP contribution in [0.4, 0.5) is 0 Å². The lowest BCUT2D eigenvalue weighted by molar-refractivity contribution is 0.669. The van der Waals surface area contributed by atoms with Crippen LogP contribution in [-0.4, -0.2) is 0 Å². The molecule has 6 aromatic rings. The van der Waals surface area contributed by atoms with Crippen LogP contribution >= 0.6 is 0 Å². The summed E-state index contributed by atoms with van der Waals surface area (Å²) in [5.41, 5.74) is 9.67. The molecule has 2 heteroatoms. The van der Waals surface area contributed by atoms with Crippen LogP contribution in [0.3, 0.4) is 0 Å². The molecule has 2 nitrogen and oxygen atoms in total. The Balaban J connectivity index is 1.72. The highest BCUT2D eigenvalue weighted by Gasteiger charge is 2.28. The minimum atomic E-state index is 0.662. The van der Waals surface area contributed by atoms with Gasteiger partial charge in [-0.05, 0) is 62.9 Å². The van der Waals surface area contributed by atoms with E-state index in [0.717, 1.165) is 27.5 Å². The van der Waals surface area contributed by atoms with Crippen LogP contribution in [0.1, 0.15) is 5.56 Å². The van der Waals surface area contributed by atoms with E-state index in [9.17, 15) is 5.26 Å². The second-order valence-corrected chi connectivity index (χ2v) is 8.04. The van der Waals surface area contributed by atoms with Crippen molar-refractivity contribution >= 4 is 32.7 Å². The summed E-state index contributed by atoms with van der Waals surface area (Å²) in [5, 5.41) is 14.1. The fourth-order valence-electron chi connectivity index (χ4n) is 5.15. The van der Waals surface area contributed by atoms with Crippen LogP contribution in [0, 0.1) is 11.3 Å². The van der Waals surface area contributed by atoms with Crippen molar-refractivity contribution in [3.8, 4) is 39.4 Å². The molecule has 0 fully saturated rings. The lowest BCUT2D eigenvalue weighted by atomic mass is 9.89. The van der Waals surface area contributed by atoms with Gasteiger partial charge in [-0.1, -0.05) is 66.7 Å². The fourth-order valence-corrected chi connectivity index (χ4v) is 5.15. The largest absolute Gasteiger partial charge is 0.456 e. The number of nitriles is 1. The predicted octanol–water partition coefficient (Wildman–Crippen LogP) is 7.93. The van der Waals surface area contributed by atoms with Gasteiger partial charge in [0.2, 0.25) is 0 Å². The number of hydrogen-bond donors (Lipinski definition) is 0. The number of nitrogens with zero attached hydrogens (tertiary/aromatic N) is 1. The molecule has 0 saturated carbocycles. The van der Waals surface area contributed by atoms with Gasteiger partial charge in [0.25, 0.3) is 0 Å². The molecule has 1 aromatic heterocycles. The summed E-state index contributed by atoms with van der Waals surface area (Å²) in [5.74, 6) is 0. The van der Waals surface area contributed by atoms with Crippen molar-refractivity contribution in [3.05, 3.63) is 96.6 Å². The van der Waals surface area contributed by atoms with Gasteiger partial charge >= 0.3 is 0 Å². The second-order valence-electron chi connectivity index (χ2n) is 8.04. The zero-order valence-corrected chi connectivity index (χ0v) is 16.5. The number of hydrogen-bond acceptors (Lipinski definition) is 2. The standard InChI is InChI=1S/C29H15NO/c30-16-17-11-13-19(14-12-17)27-28-22-9-4-6-18-5-3-8-20(26(18)22)23(28)15-25-29(27)21-7-1-2-10-24(21)31-25/h1-15H. The third-order valence-electron chi connectivity index (χ3n) is 6.43. The molecule has 0 unspecified atom stereocenters. The number of benzene rings is 5. The SMILES string of the molecule is N#Cc1ccc(-c2c3c(cc4oc5ccccc5c24)-c2cccc4cccc-3c24)cc1. The molecule has 0 N–H and O–H groups in total. The van der Waals surface area contributed by atoms with Gasteiger partial charge in [0.1, 0.15) is 11.2 Å². The molecule has 0 atom stereocenters. The van der Waals surface area contributed by atoms with Crippen molar-refractivity contribution in [2.24, 2.45) is 0 Å². The molecule has 1 heterocycles. The molecule has 1 aliphatic rings. The Hall–Kier alpha value is -4.35. The molecule has 142 valence electrons. The molecule has 0 aliphatic heterocycles. The molecule has 0 bridgehead atoms. The second kappa shape index (κ2) is 5.84. The zero-order chi connectivity index (χ0) is 20.5. The maximum atomic E-state index is 9.29. The summed E-state index contributed by atoms with van der Waals surface area (Å²) in [6.45, 7) is 0. The van der Waals surface area contributed by atoms with Gasteiger partial charge in [-0.15, -0.1) is 0 Å². The minimum absolute atomic E-state index is 0.662. The van der Waals surface area contributed by atoms with E-state index in [-0.39, 0.29) is 0 Å². The maximum absolute atomic E-state index is 9.29. The highest BCUT2D eigenvalue weighted by atomic mass is 16.3. The molecular formula is C29H15NO. The summed E-state index contributed by atoms with van der Waals surface area (Å²) in [4.78, 5) is 0. The summed E-state index contributed by atoms with van der Waals surface area (Å²) in [6.07, 6.45) is 0. The Morgan fingerprint density at radius 1 is 0.613 bits per heavy atom. The first-order valence-corrected chi connectivity index (χ1v) is 10.3. The van der Waals surface area contributed by atoms with E-state index >= 15 is 0 Å². The Labute approximate surface area is 178 Å². The number of furan rings is 1. The Morgan fingerprint density at radius 2 is 1.39 bits per heavy atom. The van der Waals surface area contributed by atoms with E-state index in [1.54, 1.807) is 0 Å². The lowest BCUT2D eigenvalue weighted by Gasteiger charge is -2.13. The molecule has 31 heavy (non-hydrogen) atoms. The average Bonchev–Trinajstić information content (AvgIpc) is 3.35. The third-order valence-corrected chi connectivity index (χ3v) is 6.43. The molecule has 1 aliphatic carbocycles. The van der Waals surface area contributed by atoms with E-state index in [2.05, 4.69) is 72.8 Å². The zero-order valence-electron chi connectivity index (χ0n) is 16.5. The normalized spacial score (nSPS) is 11.8. The van der Waals surface area contributed by atoms with E-state index < -0.39 is 0 Å². The average molecular weight is 393 g/mol. The van der Waals surface area contributed by atoms with E-state index in [0.29, 0.717) is 5.56 Å². The van der Waals surface area contributed by atoms with Gasteiger partial charge in [0, 0.05) is 16.3 Å². The summed E-state index contributed by atoms with van der Waals surface area (Å²) < 4.78 is 6.33. The topological polar surface area (TPSA) is 36.9 Å². The van der Waals surface area contributed by atoms with Crippen molar-refractivity contribution in [2.45, 2.75) is 0 Å². The number of fused-ring (bicyclic) bond motifs is 6. The number of para-hydroxylation sites is 1. The minimum Gasteiger partial charge on any atom is -0.456 e. The lowest BCUT2D eigenvalue weighted by Crippen LogP contribution is -1.88. The van der Waals surface area contributed by atoms with Crippen LogP contribution in [0.15, 0.2) is 95.4 Å². The van der Waals surface area contributed by atoms with Crippen LogP contribution in [0.25, 0.3) is 66.1 Å². The highest BCUT2D eigenvalue weighted by molar-refractivity contribution is 6.25. The molecule has 7 rings (SSSR count). The smallest absolute Gasteiger partial charge is 0.136 e. The first-order valence-electron chi connectivity index (χ1n) is 10.3. The van der Waals surface area contributed by atoms with Crippen molar-refractivity contribution in [2.75, 3.05) is 0 Å². The van der Waals surface area contributed by atoms with Gasteiger partial charge < -0.3 is 4.42 Å². The van der Waals surface area contributed by atoms with Crippen LogP contribution in [0.5, 0.6) is 0 Å².